The molecule has 0 aliphatic carbocycles. The van der Waals surface area contributed by atoms with Crippen molar-refractivity contribution < 1.29 is 34.2 Å². The minimum absolute atomic E-state index is 0.0335. The molecule has 4 rings (SSSR count). The maximum atomic E-state index is 13.5. The molecular weight excluding hydrogens is 576 g/mol. The molecule has 13 heteroatoms. The summed E-state index contributed by atoms with van der Waals surface area (Å²) in [6.07, 6.45) is 2.96. The minimum atomic E-state index is -1.13. The third kappa shape index (κ3) is 8.72. The number of pyridine rings is 1. The number of carboxylic acids is 1. The molecule has 0 fully saturated rings. The fourth-order valence-corrected chi connectivity index (χ4v) is 5.26. The van der Waals surface area contributed by atoms with Crippen molar-refractivity contribution in [2.75, 3.05) is 11.9 Å². The van der Waals surface area contributed by atoms with Gasteiger partial charge in [0.1, 0.15) is 12.2 Å². The van der Waals surface area contributed by atoms with Crippen LogP contribution in [0.4, 0.5) is 9.80 Å². The van der Waals surface area contributed by atoms with Gasteiger partial charge in [0, 0.05) is 18.9 Å². The summed E-state index contributed by atoms with van der Waals surface area (Å²) in [5.74, 6) is -2.24. The lowest BCUT2D eigenvalue weighted by atomic mass is 9.93. The quantitative estimate of drug-likeness (QED) is 0.146. The second-order valence-electron chi connectivity index (χ2n) is 10.7. The first-order chi connectivity index (χ1) is 20.4. The number of carbonyl (C=O) groups excluding carboxylic acids is 2. The Morgan fingerprint density at radius 2 is 1.79 bits per heavy atom. The summed E-state index contributed by atoms with van der Waals surface area (Å²) in [6.45, 7) is 4.89. The zero-order valence-electron chi connectivity index (χ0n) is 23.7. The Hall–Kier alpha value is -5.04. The van der Waals surface area contributed by atoms with Gasteiger partial charge in [-0.3, -0.25) is 9.78 Å². The molecule has 2 aromatic carbocycles. The first-order valence-electron chi connectivity index (χ1n) is 13.2. The number of carbonyl (C=O) groups is 3. The van der Waals surface area contributed by atoms with Crippen molar-refractivity contribution >= 4 is 44.4 Å². The van der Waals surface area contributed by atoms with Gasteiger partial charge in [0.05, 0.1) is 21.2 Å². The Morgan fingerprint density at radius 3 is 2.44 bits per heavy atom. The molecule has 1 unspecified atom stereocenters. The third-order valence-electron chi connectivity index (χ3n) is 6.25. The molecule has 0 aliphatic rings. The lowest BCUT2D eigenvalue weighted by Gasteiger charge is -2.22. The second kappa shape index (κ2) is 13.3. The van der Waals surface area contributed by atoms with E-state index in [0.29, 0.717) is 21.7 Å². The highest BCUT2D eigenvalue weighted by Crippen LogP contribution is 2.30. The lowest BCUT2D eigenvalue weighted by molar-refractivity contribution is -0.763. The fraction of sp³-hybridized carbons (Fsp3) is 0.267. The van der Waals surface area contributed by atoms with Crippen LogP contribution >= 0.6 is 11.3 Å². The van der Waals surface area contributed by atoms with E-state index in [2.05, 4.69) is 20.5 Å². The summed E-state index contributed by atoms with van der Waals surface area (Å²) >= 11 is 1.38. The number of benzene rings is 2. The number of ether oxygens (including phenoxy) is 1. The van der Waals surface area contributed by atoms with Crippen molar-refractivity contribution in [3.05, 3.63) is 105 Å². The van der Waals surface area contributed by atoms with Crippen molar-refractivity contribution in [3.63, 3.8) is 0 Å². The summed E-state index contributed by atoms with van der Waals surface area (Å²) in [4.78, 5) is 56.8. The van der Waals surface area contributed by atoms with Crippen LogP contribution in [0.1, 0.15) is 59.3 Å². The Balaban J connectivity index is 1.55. The first-order valence-corrected chi connectivity index (χ1v) is 14.0. The monoisotopic (exact) mass is 606 g/mol. The smallest absolute Gasteiger partial charge is 0.407 e. The number of carboxylic acid groups (broad SMARTS) is 1. The van der Waals surface area contributed by atoms with E-state index in [-0.39, 0.29) is 31.0 Å². The Bertz CT molecular complexity index is 1610. The van der Waals surface area contributed by atoms with Crippen LogP contribution in [-0.2, 0) is 27.4 Å². The van der Waals surface area contributed by atoms with Crippen LogP contribution in [0.25, 0.3) is 10.1 Å². The Labute approximate surface area is 250 Å². The number of hydrogen-bond donors (Lipinski definition) is 3. The number of amides is 2. The number of aromatic nitrogens is 1. The zero-order chi connectivity index (χ0) is 31.1. The van der Waals surface area contributed by atoms with Gasteiger partial charge < -0.3 is 25.3 Å². The van der Waals surface area contributed by atoms with Crippen LogP contribution in [0.2, 0.25) is 0 Å². The van der Waals surface area contributed by atoms with Gasteiger partial charge in [-0.2, -0.15) is 0 Å². The van der Waals surface area contributed by atoms with Gasteiger partial charge in [0.25, 0.3) is 5.09 Å². The third-order valence-corrected chi connectivity index (χ3v) is 7.25. The molecule has 2 aromatic heterocycles. The van der Waals surface area contributed by atoms with Gasteiger partial charge in [-0.15, -0.1) is 21.5 Å². The topological polar surface area (TPSA) is 170 Å². The maximum Gasteiger partial charge on any atom is 0.407 e. The number of fused-ring (bicyclic) bond motifs is 1. The molecule has 2 amide bonds. The summed E-state index contributed by atoms with van der Waals surface area (Å²) in [6, 6.07) is 15.1. The number of nitrogens with zero attached hydrogens (tertiary/aromatic N) is 2. The molecule has 0 aliphatic heterocycles. The predicted octanol–water partition coefficient (Wildman–Crippen LogP) is 5.54. The van der Waals surface area contributed by atoms with Crippen LogP contribution in [0, 0.1) is 10.1 Å². The summed E-state index contributed by atoms with van der Waals surface area (Å²) in [5.41, 5.74) is 1.61. The second-order valence-corrected chi connectivity index (χ2v) is 11.7. The van der Waals surface area contributed by atoms with Gasteiger partial charge in [0.2, 0.25) is 5.91 Å². The van der Waals surface area contributed by atoms with E-state index in [1.54, 1.807) is 63.5 Å². The first kappa shape index (κ1) is 30.9. The van der Waals surface area contributed by atoms with E-state index < -0.39 is 28.7 Å². The van der Waals surface area contributed by atoms with Crippen LogP contribution < -0.4 is 10.6 Å². The number of aromatic carboxylic acids is 1. The zero-order valence-corrected chi connectivity index (χ0v) is 24.5. The normalized spacial score (nSPS) is 11.9. The van der Waals surface area contributed by atoms with Crippen molar-refractivity contribution in [3.8, 4) is 0 Å². The van der Waals surface area contributed by atoms with E-state index in [1.165, 1.54) is 23.5 Å². The largest absolute Gasteiger partial charge is 0.478 e. The molecule has 2 heterocycles. The van der Waals surface area contributed by atoms with Crippen LogP contribution in [0.15, 0.2) is 67.0 Å². The van der Waals surface area contributed by atoms with Gasteiger partial charge in [-0.25, -0.2) is 9.59 Å². The summed E-state index contributed by atoms with van der Waals surface area (Å²) < 4.78 is 6.25. The number of thiophene rings is 1. The van der Waals surface area contributed by atoms with Crippen LogP contribution in [0.5, 0.6) is 0 Å². The highest BCUT2D eigenvalue weighted by molar-refractivity contribution is 7.22. The molecule has 0 saturated carbocycles. The maximum absolute atomic E-state index is 13.5. The molecule has 3 N–H and O–H groups in total. The molecule has 43 heavy (non-hydrogen) atoms. The molecule has 0 bridgehead atoms. The predicted molar refractivity (Wildman–Crippen MR) is 160 cm³/mol. The Morgan fingerprint density at radius 1 is 1.07 bits per heavy atom. The number of hydrogen-bond acceptors (Lipinski definition) is 9. The van der Waals surface area contributed by atoms with Crippen molar-refractivity contribution in [1.82, 2.24) is 10.3 Å². The standard InChI is InChI=1S/C30H30N4O8S/c1-30(2,3)42-29(38)32-15-24(27(35)33-26-14-21-10-11-31-16-25(21)43-26)20-7-4-18(5-8-20)12-22-13-19(17-41-34(39)40)6-9-23(22)28(36)37/h4-11,13-14,16,24H,12,15,17H2,1-3H3,(H,32,38)(H,33,35)(H,36,37). The summed E-state index contributed by atoms with van der Waals surface area (Å²) in [7, 11) is 0. The van der Waals surface area contributed by atoms with Gasteiger partial charge in [-0.05, 0) is 73.0 Å². The molecule has 224 valence electrons. The van der Waals surface area contributed by atoms with E-state index in [4.69, 9.17) is 4.74 Å². The van der Waals surface area contributed by atoms with Gasteiger partial charge in [0.15, 0.2) is 0 Å². The van der Waals surface area contributed by atoms with Crippen molar-refractivity contribution in [1.29, 1.82) is 0 Å². The lowest BCUT2D eigenvalue weighted by Crippen LogP contribution is -2.37. The average molecular weight is 607 g/mol. The number of nitrogens with one attached hydrogen (secondary N) is 2. The van der Waals surface area contributed by atoms with E-state index >= 15 is 0 Å². The van der Waals surface area contributed by atoms with Gasteiger partial charge in [-0.1, -0.05) is 36.4 Å². The summed E-state index contributed by atoms with van der Waals surface area (Å²) in [5, 5.41) is 26.5. The minimum Gasteiger partial charge on any atom is -0.478 e. The van der Waals surface area contributed by atoms with Crippen LogP contribution in [0.3, 0.4) is 0 Å². The molecule has 12 nitrogen and oxygen atoms in total. The number of anilines is 1. The molecule has 0 saturated heterocycles. The van der Waals surface area contributed by atoms with E-state index in [9.17, 15) is 29.6 Å². The number of rotatable bonds is 11. The fourth-order valence-electron chi connectivity index (χ4n) is 4.32. The molecular formula is C30H30N4O8S. The van der Waals surface area contributed by atoms with Crippen molar-refractivity contribution in [2.24, 2.45) is 0 Å². The Kier molecular flexibility index (Phi) is 9.56. The average Bonchev–Trinajstić information content (AvgIpc) is 3.34. The molecule has 1 atom stereocenters. The van der Waals surface area contributed by atoms with Gasteiger partial charge >= 0.3 is 12.1 Å². The van der Waals surface area contributed by atoms with Crippen molar-refractivity contribution in [2.45, 2.75) is 45.3 Å². The highest BCUT2D eigenvalue weighted by atomic mass is 32.1. The molecule has 0 spiro atoms. The van der Waals surface area contributed by atoms with Crippen LogP contribution in [-0.4, -0.2) is 45.3 Å². The molecule has 0 radical (unpaired) electrons. The number of alkyl carbamates (subject to hydrolysis) is 1. The highest BCUT2D eigenvalue weighted by Gasteiger charge is 2.24. The SMILES string of the molecule is CC(C)(C)OC(=O)NCC(C(=O)Nc1cc2ccncc2s1)c1ccc(Cc2cc(CO[N+](=O)[O-])ccc2C(=O)O)cc1. The van der Waals surface area contributed by atoms with E-state index in [0.717, 1.165) is 15.6 Å². The molecule has 4 aromatic rings. The van der Waals surface area contributed by atoms with E-state index in [1.807, 2.05) is 12.1 Å².